The standard InChI is InChI=1S/C19H32N2/c1-6-21(17-9-7-8-10-17)18-12-11-16(15(2)13-18)14-20-19(3,4)5/h11-13,17,20H,6-10,14H2,1-5H3. The Balaban J connectivity index is 2.10. The second-order valence-corrected chi connectivity index (χ2v) is 7.44. The molecule has 1 saturated carbocycles. The minimum Gasteiger partial charge on any atom is -0.369 e. The maximum atomic E-state index is 3.58. The lowest BCUT2D eigenvalue weighted by atomic mass is 10.0. The lowest BCUT2D eigenvalue weighted by molar-refractivity contribution is 0.424. The van der Waals surface area contributed by atoms with Gasteiger partial charge < -0.3 is 10.2 Å². The van der Waals surface area contributed by atoms with Crippen LogP contribution in [-0.4, -0.2) is 18.1 Å². The highest BCUT2D eigenvalue weighted by atomic mass is 15.2. The number of rotatable bonds is 5. The largest absolute Gasteiger partial charge is 0.369 e. The van der Waals surface area contributed by atoms with Gasteiger partial charge in [0.2, 0.25) is 0 Å². The van der Waals surface area contributed by atoms with Crippen molar-refractivity contribution >= 4 is 5.69 Å². The van der Waals surface area contributed by atoms with Gasteiger partial charge in [-0.3, -0.25) is 0 Å². The summed E-state index contributed by atoms with van der Waals surface area (Å²) in [5.41, 5.74) is 4.39. The van der Waals surface area contributed by atoms with Gasteiger partial charge in [0.15, 0.2) is 0 Å². The summed E-state index contributed by atoms with van der Waals surface area (Å²) in [6.45, 7) is 13.2. The molecule has 0 aliphatic heterocycles. The molecular weight excluding hydrogens is 256 g/mol. The molecule has 0 radical (unpaired) electrons. The van der Waals surface area contributed by atoms with E-state index in [0.717, 1.165) is 19.1 Å². The molecule has 1 aliphatic carbocycles. The molecule has 0 saturated heterocycles. The Bertz CT molecular complexity index is 453. The van der Waals surface area contributed by atoms with Crippen molar-refractivity contribution in [3.8, 4) is 0 Å². The Morgan fingerprint density at radius 2 is 1.86 bits per heavy atom. The van der Waals surface area contributed by atoms with E-state index in [1.807, 2.05) is 0 Å². The fourth-order valence-electron chi connectivity index (χ4n) is 3.28. The minimum atomic E-state index is 0.171. The number of nitrogens with zero attached hydrogens (tertiary/aromatic N) is 1. The van der Waals surface area contributed by atoms with Crippen LogP contribution in [0.4, 0.5) is 5.69 Å². The fourth-order valence-corrected chi connectivity index (χ4v) is 3.28. The molecular formula is C19H32N2. The lowest BCUT2D eigenvalue weighted by Gasteiger charge is -2.30. The van der Waals surface area contributed by atoms with Gasteiger partial charge in [0.05, 0.1) is 0 Å². The molecule has 21 heavy (non-hydrogen) atoms. The number of nitrogens with one attached hydrogen (secondary N) is 1. The molecule has 1 aliphatic rings. The van der Waals surface area contributed by atoms with Gasteiger partial charge in [-0.1, -0.05) is 18.9 Å². The minimum absolute atomic E-state index is 0.171. The van der Waals surface area contributed by atoms with E-state index < -0.39 is 0 Å². The molecule has 0 unspecified atom stereocenters. The van der Waals surface area contributed by atoms with Crippen molar-refractivity contribution in [1.29, 1.82) is 0 Å². The summed E-state index contributed by atoms with van der Waals surface area (Å²) in [5, 5.41) is 3.58. The number of benzene rings is 1. The first kappa shape index (κ1) is 16.4. The van der Waals surface area contributed by atoms with Crippen LogP contribution in [0.25, 0.3) is 0 Å². The van der Waals surface area contributed by atoms with Gasteiger partial charge in [0.25, 0.3) is 0 Å². The molecule has 1 N–H and O–H groups in total. The van der Waals surface area contributed by atoms with Gasteiger partial charge in [-0.15, -0.1) is 0 Å². The molecule has 2 heteroatoms. The lowest BCUT2D eigenvalue weighted by Crippen LogP contribution is -2.35. The number of anilines is 1. The zero-order chi connectivity index (χ0) is 15.5. The Kier molecular flexibility index (Phi) is 5.32. The van der Waals surface area contributed by atoms with Gasteiger partial charge in [-0.2, -0.15) is 0 Å². The molecule has 0 atom stereocenters. The van der Waals surface area contributed by atoms with Crippen LogP contribution >= 0.6 is 0 Å². The third-order valence-corrected chi connectivity index (χ3v) is 4.57. The summed E-state index contributed by atoms with van der Waals surface area (Å²) in [6, 6.07) is 7.75. The van der Waals surface area contributed by atoms with Crippen molar-refractivity contribution in [3.05, 3.63) is 29.3 Å². The quantitative estimate of drug-likeness (QED) is 0.848. The van der Waals surface area contributed by atoms with E-state index in [2.05, 4.69) is 63.0 Å². The fraction of sp³-hybridized carbons (Fsp3) is 0.684. The highest BCUT2D eigenvalue weighted by molar-refractivity contribution is 5.51. The van der Waals surface area contributed by atoms with E-state index in [1.165, 1.54) is 42.5 Å². The van der Waals surface area contributed by atoms with E-state index >= 15 is 0 Å². The second-order valence-electron chi connectivity index (χ2n) is 7.44. The summed E-state index contributed by atoms with van der Waals surface area (Å²) in [7, 11) is 0. The third-order valence-electron chi connectivity index (χ3n) is 4.57. The molecule has 1 aromatic carbocycles. The Morgan fingerprint density at radius 3 is 2.38 bits per heavy atom. The maximum absolute atomic E-state index is 3.58. The van der Waals surface area contributed by atoms with Crippen molar-refractivity contribution < 1.29 is 0 Å². The van der Waals surface area contributed by atoms with Crippen molar-refractivity contribution in [2.75, 3.05) is 11.4 Å². The molecule has 1 aromatic rings. The van der Waals surface area contributed by atoms with Crippen LogP contribution in [-0.2, 0) is 6.54 Å². The van der Waals surface area contributed by atoms with Crippen LogP contribution in [0.1, 0.15) is 64.5 Å². The summed E-state index contributed by atoms with van der Waals surface area (Å²) >= 11 is 0. The molecule has 2 nitrogen and oxygen atoms in total. The molecule has 0 heterocycles. The van der Waals surface area contributed by atoms with Crippen LogP contribution in [0.5, 0.6) is 0 Å². The highest BCUT2D eigenvalue weighted by Crippen LogP contribution is 2.29. The van der Waals surface area contributed by atoms with Crippen LogP contribution in [0.15, 0.2) is 18.2 Å². The summed E-state index contributed by atoms with van der Waals surface area (Å²) in [6.07, 6.45) is 5.52. The first-order chi connectivity index (χ1) is 9.90. The molecule has 0 spiro atoms. The normalized spacial score (nSPS) is 16.4. The summed E-state index contributed by atoms with van der Waals surface area (Å²) < 4.78 is 0. The van der Waals surface area contributed by atoms with Gasteiger partial charge in [0, 0.05) is 30.4 Å². The van der Waals surface area contributed by atoms with Gasteiger partial charge >= 0.3 is 0 Å². The Morgan fingerprint density at radius 1 is 1.19 bits per heavy atom. The van der Waals surface area contributed by atoms with Crippen molar-refractivity contribution in [3.63, 3.8) is 0 Å². The van der Waals surface area contributed by atoms with E-state index in [-0.39, 0.29) is 5.54 Å². The number of aryl methyl sites for hydroxylation is 1. The topological polar surface area (TPSA) is 15.3 Å². The zero-order valence-electron chi connectivity index (χ0n) is 14.5. The molecule has 0 amide bonds. The molecule has 118 valence electrons. The SMILES string of the molecule is CCN(c1ccc(CNC(C)(C)C)c(C)c1)C1CCCC1. The smallest absolute Gasteiger partial charge is 0.0371 e. The highest BCUT2D eigenvalue weighted by Gasteiger charge is 2.22. The first-order valence-electron chi connectivity index (χ1n) is 8.52. The number of hydrogen-bond donors (Lipinski definition) is 1. The second kappa shape index (κ2) is 6.83. The van der Waals surface area contributed by atoms with Gasteiger partial charge in [0.1, 0.15) is 0 Å². The van der Waals surface area contributed by atoms with Crippen molar-refractivity contribution in [2.45, 2.75) is 78.4 Å². The van der Waals surface area contributed by atoms with Crippen LogP contribution < -0.4 is 10.2 Å². The molecule has 0 aromatic heterocycles. The van der Waals surface area contributed by atoms with Crippen LogP contribution in [0, 0.1) is 6.92 Å². The van der Waals surface area contributed by atoms with E-state index in [9.17, 15) is 0 Å². The predicted molar refractivity (Wildman–Crippen MR) is 93.0 cm³/mol. The van der Waals surface area contributed by atoms with Crippen molar-refractivity contribution in [1.82, 2.24) is 5.32 Å². The zero-order valence-corrected chi connectivity index (χ0v) is 14.5. The summed E-state index contributed by atoms with van der Waals surface area (Å²) in [4.78, 5) is 2.60. The predicted octanol–water partition coefficient (Wildman–Crippen LogP) is 4.65. The van der Waals surface area contributed by atoms with Crippen LogP contribution in [0.2, 0.25) is 0 Å². The number of hydrogen-bond acceptors (Lipinski definition) is 2. The first-order valence-corrected chi connectivity index (χ1v) is 8.52. The molecule has 0 bridgehead atoms. The average Bonchev–Trinajstić information content (AvgIpc) is 2.91. The van der Waals surface area contributed by atoms with Crippen LogP contribution in [0.3, 0.4) is 0 Å². The average molecular weight is 288 g/mol. The maximum Gasteiger partial charge on any atom is 0.0371 e. The monoisotopic (exact) mass is 288 g/mol. The summed E-state index contributed by atoms with van der Waals surface area (Å²) in [5.74, 6) is 0. The molecule has 1 fully saturated rings. The van der Waals surface area contributed by atoms with Crippen molar-refractivity contribution in [2.24, 2.45) is 0 Å². The van der Waals surface area contributed by atoms with E-state index in [1.54, 1.807) is 0 Å². The third kappa shape index (κ3) is 4.47. The van der Waals surface area contributed by atoms with Gasteiger partial charge in [-0.25, -0.2) is 0 Å². The Hall–Kier alpha value is -1.02. The van der Waals surface area contributed by atoms with E-state index in [0.29, 0.717) is 0 Å². The van der Waals surface area contributed by atoms with E-state index in [4.69, 9.17) is 0 Å². The van der Waals surface area contributed by atoms with Gasteiger partial charge in [-0.05, 0) is 70.7 Å². The Labute approximate surface area is 130 Å². The molecule has 2 rings (SSSR count).